The van der Waals surface area contributed by atoms with Crippen molar-refractivity contribution in [3.63, 3.8) is 0 Å². The SMILES string of the molecule is COC(=O)[C@@]1(C)CC[C@]2(C)CC[C@]3(C)C(=CC(=O)C4[C@@]5(C)CC[C@H](O[C@@H]6O[C@H](COS(=O)(=O)O)[C@@H](O[C@H]7O[C@H](COS(=O)(=O)O)[C@H](OS(=O)(=O)O)[C@H](OS(=O)(=O)O)[C@H]7OS(=O)(=O)O)[C@H](OS(=O)(=O)O)[C@H]6OS(=O)(=O)O)C(C)(C)C5CC[C@]43C)C2C1. The number of ketones is 1. The monoisotopic (exact) mass is 1370 g/mol. The molecular weight excluding hydrogens is 1300 g/mol. The molecule has 19 atom stereocenters. The first-order valence-electron chi connectivity index (χ1n) is 25.8. The van der Waals surface area contributed by atoms with Gasteiger partial charge in [0.05, 0.1) is 31.8 Å². The van der Waals surface area contributed by atoms with Gasteiger partial charge in [0.2, 0.25) is 0 Å². The molecule has 2 aliphatic heterocycles. The fraction of sp³-hybridized carbons (Fsp3) is 0.907. The Morgan fingerprint density at radius 1 is 0.541 bits per heavy atom. The van der Waals surface area contributed by atoms with Crippen LogP contribution in [0.2, 0.25) is 0 Å². The van der Waals surface area contributed by atoms with Crippen LogP contribution in [0.3, 0.4) is 0 Å². The number of hydrogen-bond acceptors (Lipinski definition) is 28. The van der Waals surface area contributed by atoms with E-state index in [4.69, 9.17) is 32.1 Å². The van der Waals surface area contributed by atoms with Gasteiger partial charge in [-0.25, -0.2) is 29.3 Å². The van der Waals surface area contributed by atoms with Crippen LogP contribution in [-0.2, 0) is 135 Å². The Balaban J connectivity index is 1.30. The second-order valence-corrected chi connectivity index (χ2v) is 31.7. The van der Waals surface area contributed by atoms with E-state index < -0.39 is 192 Å². The van der Waals surface area contributed by atoms with Crippen LogP contribution in [0.1, 0.15) is 106 Å². The van der Waals surface area contributed by atoms with Crippen LogP contribution < -0.4 is 0 Å². The standard InChI is InChI=1S/C43H68O35S7/c1-38(2)26-9-12-43(7)34(23(44)17-21-22-18-40(4,37(45)67-8)14-13-39(22,3)15-16-42(21,43)6)41(26,5)11-10-27(38)72-35-32(77-84(61,62)63)30(75-82(55,56)57)28(24(70-35)19-68-79(46,47)48)73-36-33(78-85(64,65)66)31(76-83(58,59)60)29(74-81(52,53)54)25(71-36)20-69-80(49,50)51/h17,22,24-36H,9-16,18-20H2,1-8H3,(H,46,47,48)(H,49,50,51)(H,52,53,54)(H,55,56,57)(H,58,59,60)(H,61,62,63)(H,64,65,66)/t22?,24-,25-,26?,27+,28-,29+,30+,31+,32-,33-,34?,35+,36-,39-,40+,41+,42-,43-/m1/s1. The highest BCUT2D eigenvalue weighted by Gasteiger charge is 2.71. The van der Waals surface area contributed by atoms with Crippen molar-refractivity contribution < 1.29 is 153 Å². The van der Waals surface area contributed by atoms with Gasteiger partial charge in [-0.3, -0.25) is 41.5 Å². The van der Waals surface area contributed by atoms with E-state index in [1.54, 1.807) is 19.9 Å². The largest absolute Gasteiger partial charge is 0.469 e. The number of carbonyl (C=O) groups is 2. The smallest absolute Gasteiger partial charge is 0.397 e. The minimum atomic E-state index is -6.19. The second kappa shape index (κ2) is 23.5. The molecule has 3 unspecified atom stereocenters. The third kappa shape index (κ3) is 15.3. The van der Waals surface area contributed by atoms with E-state index in [2.05, 4.69) is 41.7 Å². The van der Waals surface area contributed by atoms with E-state index in [1.165, 1.54) is 7.11 Å². The molecule has 0 aromatic rings. The Bertz CT molecular complexity index is 3450. The summed E-state index contributed by atoms with van der Waals surface area (Å²) in [6.07, 6.45) is -25.2. The van der Waals surface area contributed by atoms with Gasteiger partial charge in [0, 0.05) is 5.92 Å². The maximum Gasteiger partial charge on any atom is 0.397 e. The summed E-state index contributed by atoms with van der Waals surface area (Å²) in [5.41, 5.74) is -3.34. The van der Waals surface area contributed by atoms with Crippen LogP contribution in [0.15, 0.2) is 11.6 Å². The summed E-state index contributed by atoms with van der Waals surface area (Å²) in [6.45, 7) is 10.1. The van der Waals surface area contributed by atoms with Gasteiger partial charge in [0.25, 0.3) is 0 Å². The molecule has 492 valence electrons. The van der Waals surface area contributed by atoms with Crippen molar-refractivity contribution >= 4 is 84.5 Å². The minimum absolute atomic E-state index is 0.0702. The van der Waals surface area contributed by atoms with Crippen LogP contribution in [0.5, 0.6) is 0 Å². The molecule has 7 aliphatic rings. The van der Waals surface area contributed by atoms with Crippen molar-refractivity contribution in [1.82, 2.24) is 0 Å². The van der Waals surface area contributed by atoms with Crippen molar-refractivity contribution in [2.45, 2.75) is 174 Å². The molecule has 0 spiro atoms. The number of fused-ring (bicyclic) bond motifs is 7. The third-order valence-corrected chi connectivity index (χ3v) is 22.1. The molecule has 4 saturated carbocycles. The summed E-state index contributed by atoms with van der Waals surface area (Å²) in [6, 6.07) is 0. The molecule has 7 rings (SSSR count). The highest BCUT2D eigenvalue weighted by Crippen LogP contribution is 2.75. The zero-order valence-corrected chi connectivity index (χ0v) is 52.1. The Morgan fingerprint density at radius 3 is 1.45 bits per heavy atom. The average Bonchev–Trinajstić information content (AvgIpc) is 0.684. The lowest BCUT2D eigenvalue weighted by molar-refractivity contribution is -0.358. The highest BCUT2D eigenvalue weighted by molar-refractivity contribution is 7.82. The fourth-order valence-electron chi connectivity index (χ4n) is 15.1. The zero-order valence-electron chi connectivity index (χ0n) is 46.4. The normalized spacial score (nSPS) is 41.1. The first-order valence-corrected chi connectivity index (χ1v) is 35.3. The van der Waals surface area contributed by atoms with E-state index in [1.807, 2.05) is 13.8 Å². The van der Waals surface area contributed by atoms with Gasteiger partial charge in [0.15, 0.2) is 30.6 Å². The van der Waals surface area contributed by atoms with Gasteiger partial charge < -0.3 is 23.7 Å². The molecule has 7 N–H and O–H groups in total. The molecular formula is C43H68O35S7. The number of rotatable bonds is 21. The van der Waals surface area contributed by atoms with Crippen molar-refractivity contribution in [1.29, 1.82) is 0 Å². The van der Waals surface area contributed by atoms with Crippen LogP contribution in [0, 0.1) is 50.2 Å². The predicted molar refractivity (Wildman–Crippen MR) is 276 cm³/mol. The lowest BCUT2D eigenvalue weighted by Gasteiger charge is -2.70. The minimum Gasteiger partial charge on any atom is -0.469 e. The number of methoxy groups -OCH3 is 1. The van der Waals surface area contributed by atoms with Crippen LogP contribution in [0.25, 0.3) is 0 Å². The van der Waals surface area contributed by atoms with Crippen molar-refractivity contribution in [3.8, 4) is 0 Å². The fourth-order valence-corrected chi connectivity index (χ4v) is 18.2. The summed E-state index contributed by atoms with van der Waals surface area (Å²) >= 11 is 0. The molecule has 5 aliphatic carbocycles. The summed E-state index contributed by atoms with van der Waals surface area (Å²) < 4.78 is 301. The summed E-state index contributed by atoms with van der Waals surface area (Å²) in [7, 11) is -40.7. The Kier molecular flexibility index (Phi) is 19.4. The predicted octanol–water partition coefficient (Wildman–Crippen LogP) is 0.939. The second-order valence-electron chi connectivity index (χ2n) is 24.3. The molecule has 0 amide bonds. The van der Waals surface area contributed by atoms with Gasteiger partial charge in [-0.1, -0.05) is 47.1 Å². The number of esters is 1. The average molecular weight is 1370 g/mol. The lowest BCUT2D eigenvalue weighted by Crippen LogP contribution is -2.68. The molecule has 35 nitrogen and oxygen atoms in total. The summed E-state index contributed by atoms with van der Waals surface area (Å²) in [5, 5.41) is 0. The summed E-state index contributed by atoms with van der Waals surface area (Å²) in [4.78, 5) is 28.4. The van der Waals surface area contributed by atoms with E-state index in [0.29, 0.717) is 25.7 Å². The van der Waals surface area contributed by atoms with E-state index >= 15 is 4.79 Å². The Labute approximate surface area is 491 Å². The van der Waals surface area contributed by atoms with E-state index in [0.717, 1.165) is 24.8 Å². The van der Waals surface area contributed by atoms with Crippen LogP contribution >= 0.6 is 0 Å². The third-order valence-electron chi connectivity index (χ3n) is 18.9. The van der Waals surface area contributed by atoms with Gasteiger partial charge in [-0.05, 0) is 110 Å². The molecule has 2 saturated heterocycles. The van der Waals surface area contributed by atoms with Crippen molar-refractivity contribution in [3.05, 3.63) is 11.6 Å². The van der Waals surface area contributed by atoms with E-state index in [9.17, 15) is 95.6 Å². The van der Waals surface area contributed by atoms with Gasteiger partial charge in [-0.2, -0.15) is 58.9 Å². The van der Waals surface area contributed by atoms with Gasteiger partial charge >= 0.3 is 78.8 Å². The Hall–Kier alpha value is -2.19. The van der Waals surface area contributed by atoms with Gasteiger partial charge in [-0.15, -0.1) is 0 Å². The maximum absolute atomic E-state index is 15.2. The molecule has 0 radical (unpaired) electrons. The first kappa shape index (κ1) is 70.3. The first-order chi connectivity index (χ1) is 38.3. The highest BCUT2D eigenvalue weighted by atomic mass is 32.3. The van der Waals surface area contributed by atoms with E-state index in [-0.39, 0.29) is 35.9 Å². The van der Waals surface area contributed by atoms with Gasteiger partial charge in [0.1, 0.15) is 36.6 Å². The molecule has 0 bridgehead atoms. The molecule has 42 heteroatoms. The van der Waals surface area contributed by atoms with Crippen molar-refractivity contribution in [2.24, 2.45) is 50.2 Å². The molecule has 85 heavy (non-hydrogen) atoms. The lowest BCUT2D eigenvalue weighted by atomic mass is 9.33. The van der Waals surface area contributed by atoms with Crippen molar-refractivity contribution in [2.75, 3.05) is 20.3 Å². The molecule has 2 heterocycles. The number of allylic oxidation sites excluding steroid dienone is 2. The quantitative estimate of drug-likeness (QED) is 0.0477. The maximum atomic E-state index is 15.2. The zero-order chi connectivity index (χ0) is 64.3. The topological polar surface area (TPSA) is 525 Å². The molecule has 6 fully saturated rings. The van der Waals surface area contributed by atoms with Crippen LogP contribution in [0.4, 0.5) is 0 Å². The summed E-state index contributed by atoms with van der Waals surface area (Å²) in [5.74, 6) is -1.78. The number of carbonyl (C=O) groups excluding carboxylic acids is 2. The number of hydrogen-bond donors (Lipinski definition) is 7. The molecule has 0 aromatic heterocycles. The molecule has 0 aromatic carbocycles. The Morgan fingerprint density at radius 2 is 0.976 bits per heavy atom. The van der Waals surface area contributed by atoms with Crippen LogP contribution in [-0.4, -0.2) is 190 Å². The number of ether oxygens (including phenoxy) is 5.